The smallest absolute Gasteiger partial charge is 0.412 e. The number of anilines is 3. The molecule has 3 aromatic rings. The van der Waals surface area contributed by atoms with Crippen LogP contribution in [0.25, 0.3) is 0 Å². The fourth-order valence-electron chi connectivity index (χ4n) is 4.52. The van der Waals surface area contributed by atoms with Crippen LogP contribution >= 0.6 is 15.9 Å². The summed E-state index contributed by atoms with van der Waals surface area (Å²) < 4.78 is 21.0. The van der Waals surface area contributed by atoms with Crippen LogP contribution in [0.2, 0.25) is 0 Å². The molecule has 8 heteroatoms. The van der Waals surface area contributed by atoms with Gasteiger partial charge in [0.15, 0.2) is 5.78 Å². The van der Waals surface area contributed by atoms with Gasteiger partial charge in [-0.05, 0) is 79.9 Å². The highest BCUT2D eigenvalue weighted by Gasteiger charge is 2.30. The maximum Gasteiger partial charge on any atom is 0.412 e. The summed E-state index contributed by atoms with van der Waals surface area (Å²) in [6.45, 7) is 1.77. The number of rotatable bonds is 7. The molecule has 0 radical (unpaired) electrons. The Morgan fingerprint density at radius 1 is 1.06 bits per heavy atom. The molecule has 182 valence electrons. The average Bonchev–Trinajstić information content (AvgIpc) is 3.34. The first kappa shape index (κ1) is 24.7. The van der Waals surface area contributed by atoms with Crippen molar-refractivity contribution in [3.8, 4) is 5.75 Å². The van der Waals surface area contributed by atoms with Crippen LogP contribution < -0.4 is 15.0 Å². The Morgan fingerprint density at radius 3 is 2.40 bits per heavy atom. The summed E-state index contributed by atoms with van der Waals surface area (Å²) in [4.78, 5) is 26.5. The van der Waals surface area contributed by atoms with Crippen LogP contribution in [0.4, 0.5) is 26.2 Å². The third kappa shape index (κ3) is 5.32. The largest absolute Gasteiger partial charge is 0.497 e. The number of hydrogen-bond acceptors (Lipinski definition) is 4. The Kier molecular flexibility index (Phi) is 7.40. The number of hydrogen-bond donors (Lipinski definition) is 2. The van der Waals surface area contributed by atoms with Gasteiger partial charge in [0.25, 0.3) is 0 Å². The summed E-state index contributed by atoms with van der Waals surface area (Å²) in [5, 5.41) is 13.1. The number of halogens is 2. The Hall–Kier alpha value is -3.39. The van der Waals surface area contributed by atoms with Crippen molar-refractivity contribution in [3.05, 3.63) is 81.6 Å². The minimum Gasteiger partial charge on any atom is -0.497 e. The van der Waals surface area contributed by atoms with E-state index in [4.69, 9.17) is 4.74 Å². The van der Waals surface area contributed by atoms with E-state index in [1.165, 1.54) is 17.0 Å². The number of amides is 1. The zero-order valence-electron chi connectivity index (χ0n) is 19.5. The number of carbonyl (C=O) groups excluding carboxylic acids is 1. The number of methoxy groups -OCH3 is 1. The zero-order valence-corrected chi connectivity index (χ0v) is 21.1. The molecule has 6 nitrogen and oxygen atoms in total. The molecule has 0 spiro atoms. The van der Waals surface area contributed by atoms with Gasteiger partial charge < -0.3 is 15.2 Å². The summed E-state index contributed by atoms with van der Waals surface area (Å²) in [7, 11) is 1.54. The van der Waals surface area contributed by atoms with Gasteiger partial charge in [0.05, 0.1) is 24.0 Å². The van der Waals surface area contributed by atoms with Crippen molar-refractivity contribution in [2.45, 2.75) is 38.6 Å². The van der Waals surface area contributed by atoms with E-state index in [1.807, 2.05) is 0 Å². The lowest BCUT2D eigenvalue weighted by Gasteiger charge is -2.28. The third-order valence-corrected chi connectivity index (χ3v) is 6.78. The lowest BCUT2D eigenvalue weighted by Crippen LogP contribution is -2.38. The first-order chi connectivity index (χ1) is 16.8. The highest BCUT2D eigenvalue weighted by Crippen LogP contribution is 2.37. The molecule has 1 saturated carbocycles. The molecule has 0 aromatic heterocycles. The molecule has 2 N–H and O–H groups in total. The Bertz CT molecular complexity index is 1270. The maximum absolute atomic E-state index is 15.1. The van der Waals surface area contributed by atoms with Gasteiger partial charge in [-0.25, -0.2) is 9.18 Å². The molecule has 1 amide bonds. The number of aryl methyl sites for hydroxylation is 1. The van der Waals surface area contributed by atoms with Crippen LogP contribution in [0, 0.1) is 12.7 Å². The molecule has 1 fully saturated rings. The van der Waals surface area contributed by atoms with E-state index in [1.54, 1.807) is 56.5 Å². The molecule has 3 aromatic carbocycles. The summed E-state index contributed by atoms with van der Waals surface area (Å²) in [5.41, 5.74) is 2.48. The molecule has 0 atom stereocenters. The third-order valence-electron chi connectivity index (χ3n) is 6.29. The topological polar surface area (TPSA) is 78.9 Å². The van der Waals surface area contributed by atoms with Gasteiger partial charge in [-0.15, -0.1) is 0 Å². The lowest BCUT2D eigenvalue weighted by atomic mass is 9.98. The van der Waals surface area contributed by atoms with E-state index >= 15 is 4.39 Å². The van der Waals surface area contributed by atoms with Gasteiger partial charge in [0.2, 0.25) is 0 Å². The van der Waals surface area contributed by atoms with Crippen LogP contribution in [-0.2, 0) is 0 Å². The lowest BCUT2D eigenvalue weighted by molar-refractivity contribution is 0.103. The van der Waals surface area contributed by atoms with Crippen LogP contribution in [-0.4, -0.2) is 30.1 Å². The van der Waals surface area contributed by atoms with Crippen molar-refractivity contribution in [1.29, 1.82) is 0 Å². The predicted octanol–water partition coefficient (Wildman–Crippen LogP) is 7.31. The summed E-state index contributed by atoms with van der Waals surface area (Å²) >= 11 is 3.43. The number of benzene rings is 3. The van der Waals surface area contributed by atoms with E-state index in [2.05, 4.69) is 21.2 Å². The minimum atomic E-state index is -1.03. The van der Waals surface area contributed by atoms with Crippen LogP contribution in [0.5, 0.6) is 5.75 Å². The van der Waals surface area contributed by atoms with Gasteiger partial charge in [0.1, 0.15) is 11.6 Å². The zero-order chi connectivity index (χ0) is 25.1. The van der Waals surface area contributed by atoms with Crippen LogP contribution in [0.15, 0.2) is 59.1 Å². The number of nitrogens with one attached hydrogen (secondary N) is 1. The first-order valence-corrected chi connectivity index (χ1v) is 12.2. The monoisotopic (exact) mass is 540 g/mol. The number of nitrogens with zero attached hydrogens (tertiary/aromatic N) is 1. The van der Waals surface area contributed by atoms with E-state index in [9.17, 15) is 14.7 Å². The maximum atomic E-state index is 15.1. The number of ketones is 1. The van der Waals surface area contributed by atoms with E-state index in [0.29, 0.717) is 33.9 Å². The molecule has 35 heavy (non-hydrogen) atoms. The van der Waals surface area contributed by atoms with E-state index in [-0.39, 0.29) is 11.6 Å². The second-order valence-electron chi connectivity index (χ2n) is 8.58. The Balaban J connectivity index is 1.63. The molecular formula is C27H26BrFN2O4. The number of ether oxygens (including phenoxy) is 1. The molecule has 0 aliphatic heterocycles. The van der Waals surface area contributed by atoms with Crippen molar-refractivity contribution in [2.24, 2.45) is 0 Å². The molecular weight excluding hydrogens is 515 g/mol. The quantitative estimate of drug-likeness (QED) is 0.307. The van der Waals surface area contributed by atoms with Gasteiger partial charge in [-0.1, -0.05) is 28.8 Å². The summed E-state index contributed by atoms with van der Waals surface area (Å²) in [5.74, 6) is -0.464. The van der Waals surface area contributed by atoms with Crippen molar-refractivity contribution < 1.29 is 23.8 Å². The van der Waals surface area contributed by atoms with Crippen molar-refractivity contribution in [2.75, 3.05) is 17.3 Å². The number of carboxylic acid groups (broad SMARTS) is 1. The fraction of sp³-hybridized carbons (Fsp3) is 0.259. The molecule has 4 rings (SSSR count). The molecule has 0 bridgehead atoms. The van der Waals surface area contributed by atoms with Crippen molar-refractivity contribution >= 4 is 44.9 Å². The molecule has 1 aliphatic rings. The average molecular weight is 541 g/mol. The molecule has 1 aliphatic carbocycles. The van der Waals surface area contributed by atoms with Crippen molar-refractivity contribution in [3.63, 3.8) is 0 Å². The first-order valence-electron chi connectivity index (χ1n) is 11.4. The van der Waals surface area contributed by atoms with E-state index < -0.39 is 17.7 Å². The van der Waals surface area contributed by atoms with Crippen LogP contribution in [0.1, 0.15) is 47.2 Å². The highest BCUT2D eigenvalue weighted by atomic mass is 79.9. The van der Waals surface area contributed by atoms with Crippen LogP contribution in [0.3, 0.4) is 0 Å². The van der Waals surface area contributed by atoms with E-state index in [0.717, 1.165) is 30.2 Å². The standard InChI is InChI=1S/C27H26BrFN2O4/c1-16-13-20(35-2)9-11-21(16)26(32)22-10-8-18(15-23(22)29)30-24-12-7-17(28)14-25(24)31(27(33)34)19-5-3-4-6-19/h7-15,19,30H,3-6H2,1-2H3,(H,33,34). The predicted molar refractivity (Wildman–Crippen MR) is 138 cm³/mol. The van der Waals surface area contributed by atoms with Gasteiger partial charge in [0, 0.05) is 21.8 Å². The second kappa shape index (κ2) is 10.5. The Labute approximate surface area is 211 Å². The highest BCUT2D eigenvalue weighted by molar-refractivity contribution is 9.10. The SMILES string of the molecule is COc1ccc(C(=O)c2ccc(Nc3ccc(Br)cc3N(C(=O)O)C3CCCC3)cc2F)c(C)c1. The molecule has 0 saturated heterocycles. The fourth-order valence-corrected chi connectivity index (χ4v) is 4.87. The second-order valence-corrected chi connectivity index (χ2v) is 9.50. The molecule has 0 unspecified atom stereocenters. The minimum absolute atomic E-state index is 0.0436. The van der Waals surface area contributed by atoms with Crippen molar-refractivity contribution in [1.82, 2.24) is 0 Å². The summed E-state index contributed by atoms with van der Waals surface area (Å²) in [6, 6.07) is 14.5. The number of carbonyl (C=O) groups is 2. The Morgan fingerprint density at radius 2 is 1.77 bits per heavy atom. The van der Waals surface area contributed by atoms with Gasteiger partial charge in [-0.3, -0.25) is 9.69 Å². The van der Waals surface area contributed by atoms with Gasteiger partial charge in [-0.2, -0.15) is 0 Å². The summed E-state index contributed by atoms with van der Waals surface area (Å²) in [6.07, 6.45) is 2.54. The van der Waals surface area contributed by atoms with Gasteiger partial charge >= 0.3 is 6.09 Å². The molecule has 0 heterocycles. The normalized spacial score (nSPS) is 13.5.